The number of hydrogen-bond donors (Lipinski definition) is 1. The number of rotatable bonds is 5. The third-order valence-electron chi connectivity index (χ3n) is 4.69. The van der Waals surface area contributed by atoms with E-state index in [1.165, 1.54) is 30.5 Å². The smallest absolute Gasteiger partial charge is 0.0640 e. The molecular formula is C18H25N3S. The van der Waals surface area contributed by atoms with Gasteiger partial charge in [-0.3, -0.25) is 9.89 Å². The summed E-state index contributed by atoms with van der Waals surface area (Å²) in [5, 5.41) is 3.98. The number of nitrogens with zero attached hydrogens (tertiary/aromatic N) is 2. The highest BCUT2D eigenvalue weighted by Crippen LogP contribution is 2.36. The van der Waals surface area contributed by atoms with Crippen molar-refractivity contribution in [3.8, 4) is 0 Å². The Morgan fingerprint density at radius 1 is 1.41 bits per heavy atom. The van der Waals surface area contributed by atoms with Crippen LogP contribution in [-0.4, -0.2) is 36.1 Å². The Kier molecular flexibility index (Phi) is 4.89. The van der Waals surface area contributed by atoms with Crippen molar-refractivity contribution in [1.29, 1.82) is 0 Å². The first-order valence-corrected chi connectivity index (χ1v) is 8.98. The predicted octanol–water partition coefficient (Wildman–Crippen LogP) is 3.59. The summed E-state index contributed by atoms with van der Waals surface area (Å²) in [6.07, 6.45) is 2.49. The molecule has 0 saturated carbocycles. The van der Waals surface area contributed by atoms with Crippen LogP contribution in [0.5, 0.6) is 0 Å². The molecule has 4 heteroatoms. The molecule has 3 atom stereocenters. The third kappa shape index (κ3) is 3.39. The normalized spacial score (nSPS) is 28.2. The quantitative estimate of drug-likeness (QED) is 0.900. The largest absolute Gasteiger partial charge is 0.383 e. The predicted molar refractivity (Wildman–Crippen MR) is 96.4 cm³/mol. The number of likely N-dealkylation sites (tertiary alicyclic amines) is 1. The second-order valence-corrected chi connectivity index (χ2v) is 7.30. The van der Waals surface area contributed by atoms with E-state index in [9.17, 15) is 0 Å². The first kappa shape index (κ1) is 15.6. The fourth-order valence-corrected chi connectivity index (χ4v) is 4.26. The number of aliphatic imine (C=N–C) groups is 1. The van der Waals surface area contributed by atoms with E-state index >= 15 is 0 Å². The molecule has 1 aromatic rings. The fraction of sp³-hybridized carbons (Fsp3) is 0.500. The molecule has 1 fully saturated rings. The molecular weight excluding hydrogens is 290 g/mol. The zero-order valence-corrected chi connectivity index (χ0v) is 14.3. The Labute approximate surface area is 137 Å². The summed E-state index contributed by atoms with van der Waals surface area (Å²) < 4.78 is 0. The summed E-state index contributed by atoms with van der Waals surface area (Å²) in [5.74, 6) is 0. The van der Waals surface area contributed by atoms with Crippen LogP contribution in [0.4, 0.5) is 0 Å². The van der Waals surface area contributed by atoms with Crippen LogP contribution in [0.3, 0.4) is 0 Å². The van der Waals surface area contributed by atoms with Gasteiger partial charge in [-0.05, 0) is 44.5 Å². The van der Waals surface area contributed by atoms with Crippen LogP contribution in [0.25, 0.3) is 0 Å². The molecule has 3 nitrogen and oxygen atoms in total. The van der Waals surface area contributed by atoms with Gasteiger partial charge in [-0.25, -0.2) is 0 Å². The highest BCUT2D eigenvalue weighted by molar-refractivity contribution is 8.12. The van der Waals surface area contributed by atoms with Gasteiger partial charge in [0.05, 0.1) is 16.8 Å². The summed E-state index contributed by atoms with van der Waals surface area (Å²) in [6, 6.07) is 9.80. The van der Waals surface area contributed by atoms with Crippen LogP contribution < -0.4 is 5.32 Å². The van der Waals surface area contributed by atoms with E-state index in [2.05, 4.69) is 60.0 Å². The first-order valence-electron chi connectivity index (χ1n) is 8.04. The van der Waals surface area contributed by atoms with Crippen molar-refractivity contribution in [3.63, 3.8) is 0 Å². The van der Waals surface area contributed by atoms with Gasteiger partial charge in [-0.15, -0.1) is 11.8 Å². The molecule has 0 amide bonds. The number of thioether (sulfide) groups is 1. The van der Waals surface area contributed by atoms with Crippen molar-refractivity contribution in [1.82, 2.24) is 10.2 Å². The summed E-state index contributed by atoms with van der Waals surface area (Å²) in [6.45, 7) is 8.43. The standard InChI is InChI=1S/C18H25N3S/c1-13(17-5-4-10-21(17)3)19-11-15-6-8-16(9-7-15)18-14(2)20-12-22-18/h6-9,12,14,17-19H,1,4-5,10-11H2,2-3H3. The van der Waals surface area contributed by atoms with Gasteiger partial charge in [0.15, 0.2) is 0 Å². The average Bonchev–Trinajstić information content (AvgIpc) is 3.14. The van der Waals surface area contributed by atoms with E-state index in [4.69, 9.17) is 0 Å². The number of hydrogen-bond acceptors (Lipinski definition) is 4. The molecule has 3 rings (SSSR count). The third-order valence-corrected chi connectivity index (χ3v) is 5.89. The molecule has 1 N–H and O–H groups in total. The second-order valence-electron chi connectivity index (χ2n) is 6.31. The van der Waals surface area contributed by atoms with E-state index in [0.29, 0.717) is 17.3 Å². The number of likely N-dealkylation sites (N-methyl/N-ethyl adjacent to an activating group) is 1. The number of nitrogens with one attached hydrogen (secondary N) is 1. The molecule has 2 aliphatic rings. The zero-order valence-electron chi connectivity index (χ0n) is 13.5. The zero-order chi connectivity index (χ0) is 15.5. The van der Waals surface area contributed by atoms with Crippen molar-refractivity contribution in [2.75, 3.05) is 13.6 Å². The van der Waals surface area contributed by atoms with Crippen LogP contribution in [0, 0.1) is 0 Å². The van der Waals surface area contributed by atoms with Crippen molar-refractivity contribution in [2.45, 2.75) is 43.6 Å². The van der Waals surface area contributed by atoms with Crippen LogP contribution >= 0.6 is 11.8 Å². The highest BCUT2D eigenvalue weighted by Gasteiger charge is 2.24. The van der Waals surface area contributed by atoms with Gasteiger partial charge < -0.3 is 5.32 Å². The van der Waals surface area contributed by atoms with Crippen LogP contribution in [0.15, 0.2) is 41.5 Å². The average molecular weight is 315 g/mol. The molecule has 2 aliphatic heterocycles. The lowest BCUT2D eigenvalue weighted by Gasteiger charge is -2.23. The molecule has 2 heterocycles. The molecule has 0 bridgehead atoms. The van der Waals surface area contributed by atoms with Crippen molar-refractivity contribution < 1.29 is 0 Å². The molecule has 118 valence electrons. The van der Waals surface area contributed by atoms with E-state index in [0.717, 1.165) is 12.2 Å². The molecule has 0 aromatic heterocycles. The van der Waals surface area contributed by atoms with Gasteiger partial charge in [0.1, 0.15) is 0 Å². The minimum atomic E-state index is 0.381. The second kappa shape index (κ2) is 6.88. The van der Waals surface area contributed by atoms with Crippen molar-refractivity contribution in [2.24, 2.45) is 4.99 Å². The molecule has 1 aromatic carbocycles. The number of benzene rings is 1. The van der Waals surface area contributed by atoms with E-state index in [-0.39, 0.29) is 0 Å². The molecule has 1 saturated heterocycles. The maximum absolute atomic E-state index is 4.44. The lowest BCUT2D eigenvalue weighted by molar-refractivity contribution is 0.334. The van der Waals surface area contributed by atoms with Crippen LogP contribution in [0.2, 0.25) is 0 Å². The SMILES string of the molecule is C=C(NCc1ccc(C2SC=NC2C)cc1)C1CCCN1C. The summed E-state index contributed by atoms with van der Waals surface area (Å²) >= 11 is 1.82. The maximum Gasteiger partial charge on any atom is 0.0640 e. The molecule has 22 heavy (non-hydrogen) atoms. The van der Waals surface area contributed by atoms with Crippen LogP contribution in [-0.2, 0) is 6.54 Å². The monoisotopic (exact) mass is 315 g/mol. The van der Waals surface area contributed by atoms with Gasteiger partial charge in [-0.2, -0.15) is 0 Å². The van der Waals surface area contributed by atoms with Crippen LogP contribution in [0.1, 0.15) is 36.1 Å². The first-order chi connectivity index (χ1) is 10.6. The Morgan fingerprint density at radius 2 is 2.18 bits per heavy atom. The minimum absolute atomic E-state index is 0.381. The highest BCUT2D eigenvalue weighted by atomic mass is 32.2. The van der Waals surface area contributed by atoms with Crippen molar-refractivity contribution in [3.05, 3.63) is 47.7 Å². The van der Waals surface area contributed by atoms with Gasteiger partial charge >= 0.3 is 0 Å². The Hall–Kier alpha value is -1.26. The van der Waals surface area contributed by atoms with E-state index in [1.54, 1.807) is 0 Å². The van der Waals surface area contributed by atoms with Gasteiger partial charge in [0.25, 0.3) is 0 Å². The fourth-order valence-electron chi connectivity index (χ4n) is 3.25. The minimum Gasteiger partial charge on any atom is -0.383 e. The maximum atomic E-state index is 4.44. The molecule has 0 radical (unpaired) electrons. The van der Waals surface area contributed by atoms with Crippen molar-refractivity contribution >= 4 is 17.3 Å². The Balaban J connectivity index is 1.54. The van der Waals surface area contributed by atoms with Gasteiger partial charge in [0.2, 0.25) is 0 Å². The Morgan fingerprint density at radius 3 is 2.77 bits per heavy atom. The molecule has 3 unspecified atom stereocenters. The summed E-state index contributed by atoms with van der Waals surface area (Å²) in [5.41, 5.74) is 5.81. The molecule has 0 aliphatic carbocycles. The summed E-state index contributed by atoms with van der Waals surface area (Å²) in [4.78, 5) is 6.82. The lowest BCUT2D eigenvalue weighted by atomic mass is 10.0. The van der Waals surface area contributed by atoms with E-state index < -0.39 is 0 Å². The van der Waals surface area contributed by atoms with Gasteiger partial charge in [0, 0.05) is 18.3 Å². The summed E-state index contributed by atoms with van der Waals surface area (Å²) in [7, 11) is 2.18. The molecule has 0 spiro atoms. The van der Waals surface area contributed by atoms with E-state index in [1.807, 2.05) is 17.3 Å². The lowest BCUT2D eigenvalue weighted by Crippen LogP contribution is -2.32. The Bertz CT molecular complexity index is 552. The van der Waals surface area contributed by atoms with Gasteiger partial charge in [-0.1, -0.05) is 30.8 Å². The topological polar surface area (TPSA) is 27.6 Å².